The Morgan fingerprint density at radius 1 is 1.14 bits per heavy atom. The largest absolute Gasteiger partial charge is 0.304 e. The van der Waals surface area contributed by atoms with E-state index in [1.165, 1.54) is 5.69 Å². The van der Waals surface area contributed by atoms with Crippen molar-refractivity contribution in [3.63, 3.8) is 0 Å². The van der Waals surface area contributed by atoms with E-state index in [1.807, 2.05) is 30.6 Å². The highest BCUT2D eigenvalue weighted by Crippen LogP contribution is 2.16. The third-order valence-corrected chi connectivity index (χ3v) is 2.22. The molecule has 14 heavy (non-hydrogen) atoms. The van der Waals surface area contributed by atoms with Gasteiger partial charge in [0.1, 0.15) is 5.82 Å². The van der Waals surface area contributed by atoms with Gasteiger partial charge in [-0.2, -0.15) is 0 Å². The first-order valence-electron chi connectivity index (χ1n) is 4.87. The van der Waals surface area contributed by atoms with Crippen LogP contribution in [-0.4, -0.2) is 9.55 Å². The lowest BCUT2D eigenvalue weighted by Gasteiger charge is -2.09. The Morgan fingerprint density at radius 3 is 2.50 bits per heavy atom. The molecule has 0 unspecified atom stereocenters. The number of hydrogen-bond acceptors (Lipinski definition) is 1. The topological polar surface area (TPSA) is 17.8 Å². The van der Waals surface area contributed by atoms with Crippen molar-refractivity contribution in [1.29, 1.82) is 0 Å². The van der Waals surface area contributed by atoms with Crippen molar-refractivity contribution in [3.8, 4) is 5.69 Å². The van der Waals surface area contributed by atoms with Gasteiger partial charge in [0, 0.05) is 24.0 Å². The molecule has 1 heterocycles. The van der Waals surface area contributed by atoms with Gasteiger partial charge in [0.15, 0.2) is 0 Å². The first-order chi connectivity index (χ1) is 6.79. The molecule has 0 saturated carbocycles. The van der Waals surface area contributed by atoms with Gasteiger partial charge in [-0.1, -0.05) is 32.0 Å². The Balaban J connectivity index is 2.47. The zero-order valence-corrected chi connectivity index (χ0v) is 8.51. The average molecular weight is 186 g/mol. The summed E-state index contributed by atoms with van der Waals surface area (Å²) in [6.45, 7) is 4.31. The molecule has 2 rings (SSSR count). The van der Waals surface area contributed by atoms with Crippen LogP contribution in [0.15, 0.2) is 42.7 Å². The number of nitrogens with zero attached hydrogens (tertiary/aromatic N) is 2. The standard InChI is InChI=1S/C12H14N2/c1-10(2)12-13-8-9-14(12)11-6-4-3-5-7-11/h3-10H,1-2H3. The van der Waals surface area contributed by atoms with E-state index < -0.39 is 0 Å². The van der Waals surface area contributed by atoms with Gasteiger partial charge in [-0.3, -0.25) is 0 Å². The van der Waals surface area contributed by atoms with Crippen molar-refractivity contribution in [2.75, 3.05) is 0 Å². The molecule has 2 aromatic rings. The molecule has 0 aliphatic carbocycles. The van der Waals surface area contributed by atoms with Crippen LogP contribution in [0.4, 0.5) is 0 Å². The summed E-state index contributed by atoms with van der Waals surface area (Å²) in [5.74, 6) is 1.56. The van der Waals surface area contributed by atoms with Gasteiger partial charge in [0.25, 0.3) is 0 Å². The van der Waals surface area contributed by atoms with E-state index >= 15 is 0 Å². The summed E-state index contributed by atoms with van der Waals surface area (Å²) in [5.41, 5.74) is 1.17. The second-order valence-corrected chi connectivity index (χ2v) is 3.65. The zero-order chi connectivity index (χ0) is 9.97. The highest BCUT2D eigenvalue weighted by Gasteiger charge is 2.07. The van der Waals surface area contributed by atoms with Gasteiger partial charge in [0.05, 0.1) is 0 Å². The van der Waals surface area contributed by atoms with Crippen LogP contribution in [0, 0.1) is 0 Å². The first kappa shape index (κ1) is 9.00. The molecule has 0 radical (unpaired) electrons. The van der Waals surface area contributed by atoms with Gasteiger partial charge in [-0.05, 0) is 12.1 Å². The summed E-state index contributed by atoms with van der Waals surface area (Å²) in [5, 5.41) is 0. The van der Waals surface area contributed by atoms with Crippen LogP contribution < -0.4 is 0 Å². The fourth-order valence-corrected chi connectivity index (χ4v) is 1.55. The van der Waals surface area contributed by atoms with E-state index in [-0.39, 0.29) is 0 Å². The molecule has 1 aromatic carbocycles. The Labute approximate surface area is 84.2 Å². The molecule has 0 aliphatic heterocycles. The molecule has 0 bridgehead atoms. The number of benzene rings is 1. The van der Waals surface area contributed by atoms with E-state index in [2.05, 4.69) is 35.5 Å². The maximum atomic E-state index is 4.36. The van der Waals surface area contributed by atoms with Gasteiger partial charge < -0.3 is 4.57 Å². The minimum atomic E-state index is 0.449. The van der Waals surface area contributed by atoms with Gasteiger partial charge in [0.2, 0.25) is 0 Å². The van der Waals surface area contributed by atoms with Crippen LogP contribution in [0.1, 0.15) is 25.6 Å². The molecule has 0 aliphatic rings. The van der Waals surface area contributed by atoms with Crippen LogP contribution in [0.5, 0.6) is 0 Å². The van der Waals surface area contributed by atoms with E-state index in [0.717, 1.165) is 5.82 Å². The second kappa shape index (κ2) is 3.66. The average Bonchev–Trinajstić information content (AvgIpc) is 2.67. The molecule has 2 heteroatoms. The third-order valence-electron chi connectivity index (χ3n) is 2.22. The van der Waals surface area contributed by atoms with Gasteiger partial charge in [-0.15, -0.1) is 0 Å². The van der Waals surface area contributed by atoms with Crippen LogP contribution in [-0.2, 0) is 0 Å². The molecule has 0 spiro atoms. The predicted octanol–water partition coefficient (Wildman–Crippen LogP) is 3.00. The molecule has 0 fully saturated rings. The first-order valence-corrected chi connectivity index (χ1v) is 4.87. The van der Waals surface area contributed by atoms with Crippen molar-refractivity contribution in [2.24, 2.45) is 0 Å². The molecular formula is C12H14N2. The van der Waals surface area contributed by atoms with E-state index in [4.69, 9.17) is 0 Å². The van der Waals surface area contributed by atoms with Crippen molar-refractivity contribution in [3.05, 3.63) is 48.5 Å². The van der Waals surface area contributed by atoms with E-state index in [0.29, 0.717) is 5.92 Å². The molecule has 0 saturated heterocycles. The summed E-state index contributed by atoms with van der Waals surface area (Å²) in [6, 6.07) is 10.3. The lowest BCUT2D eigenvalue weighted by Crippen LogP contribution is -2.01. The fraction of sp³-hybridized carbons (Fsp3) is 0.250. The van der Waals surface area contributed by atoms with Crippen molar-refractivity contribution < 1.29 is 0 Å². The molecule has 0 amide bonds. The van der Waals surface area contributed by atoms with Crippen molar-refractivity contribution >= 4 is 0 Å². The predicted molar refractivity (Wildman–Crippen MR) is 57.7 cm³/mol. The zero-order valence-electron chi connectivity index (χ0n) is 8.51. The number of para-hydroxylation sites is 1. The lowest BCUT2D eigenvalue weighted by atomic mass is 10.2. The van der Waals surface area contributed by atoms with Crippen LogP contribution >= 0.6 is 0 Å². The minimum Gasteiger partial charge on any atom is -0.304 e. The maximum Gasteiger partial charge on any atom is 0.115 e. The molecule has 0 N–H and O–H groups in total. The van der Waals surface area contributed by atoms with Crippen molar-refractivity contribution in [1.82, 2.24) is 9.55 Å². The van der Waals surface area contributed by atoms with Crippen LogP contribution in [0.25, 0.3) is 5.69 Å². The Hall–Kier alpha value is -1.57. The molecule has 2 nitrogen and oxygen atoms in total. The summed E-state index contributed by atoms with van der Waals surface area (Å²) in [6.07, 6.45) is 3.85. The van der Waals surface area contributed by atoms with Gasteiger partial charge >= 0.3 is 0 Å². The summed E-state index contributed by atoms with van der Waals surface area (Å²) in [7, 11) is 0. The Kier molecular flexibility index (Phi) is 2.35. The lowest BCUT2D eigenvalue weighted by molar-refractivity contribution is 0.752. The SMILES string of the molecule is CC(C)c1nccn1-c1ccccc1. The number of hydrogen-bond donors (Lipinski definition) is 0. The van der Waals surface area contributed by atoms with Crippen molar-refractivity contribution in [2.45, 2.75) is 19.8 Å². The van der Waals surface area contributed by atoms with E-state index in [1.54, 1.807) is 0 Å². The quantitative estimate of drug-likeness (QED) is 0.705. The normalized spacial score (nSPS) is 10.8. The monoisotopic (exact) mass is 186 g/mol. The maximum absolute atomic E-state index is 4.36. The van der Waals surface area contributed by atoms with Gasteiger partial charge in [-0.25, -0.2) is 4.98 Å². The molecular weight excluding hydrogens is 172 g/mol. The summed E-state index contributed by atoms with van der Waals surface area (Å²) < 4.78 is 2.13. The molecule has 72 valence electrons. The minimum absolute atomic E-state index is 0.449. The number of rotatable bonds is 2. The Bertz CT molecular complexity index is 401. The van der Waals surface area contributed by atoms with Crippen LogP contribution in [0.3, 0.4) is 0 Å². The third kappa shape index (κ3) is 1.55. The number of imidazole rings is 1. The molecule has 0 atom stereocenters. The van der Waals surface area contributed by atoms with Crippen LogP contribution in [0.2, 0.25) is 0 Å². The summed E-state index contributed by atoms with van der Waals surface area (Å²) in [4.78, 5) is 4.36. The highest BCUT2D eigenvalue weighted by atomic mass is 15.1. The highest BCUT2D eigenvalue weighted by molar-refractivity contribution is 5.33. The van der Waals surface area contributed by atoms with E-state index in [9.17, 15) is 0 Å². The summed E-state index contributed by atoms with van der Waals surface area (Å²) >= 11 is 0. The fourth-order valence-electron chi connectivity index (χ4n) is 1.55. The second-order valence-electron chi connectivity index (χ2n) is 3.65. The smallest absolute Gasteiger partial charge is 0.115 e. The molecule has 1 aromatic heterocycles. The Morgan fingerprint density at radius 2 is 1.86 bits per heavy atom. The number of aromatic nitrogens is 2.